The summed E-state index contributed by atoms with van der Waals surface area (Å²) in [6.07, 6.45) is 0.803. The van der Waals surface area contributed by atoms with Crippen LogP contribution in [0.25, 0.3) is 0 Å². The maximum atomic E-state index is 11.9. The molecule has 5 nitrogen and oxygen atoms in total. The molecule has 0 atom stereocenters. The van der Waals surface area contributed by atoms with Gasteiger partial charge in [-0.15, -0.1) is 0 Å². The topological polar surface area (TPSA) is 70.6 Å². The van der Waals surface area contributed by atoms with Crippen LogP contribution in [-0.4, -0.2) is 26.7 Å². The Labute approximate surface area is 106 Å². The SMILES string of the molecule is O=S1(=O)NC(=NCCCS)Nc2ccccc21. The third kappa shape index (κ3) is 2.73. The number of sulfonamides is 1. The van der Waals surface area contributed by atoms with Gasteiger partial charge in [-0.25, -0.2) is 13.1 Å². The maximum Gasteiger partial charge on any atom is 0.266 e. The highest BCUT2D eigenvalue weighted by Crippen LogP contribution is 2.23. The zero-order valence-corrected chi connectivity index (χ0v) is 10.8. The fraction of sp³-hybridized carbons (Fsp3) is 0.300. The smallest absolute Gasteiger partial charge is 0.266 e. The summed E-state index contributed by atoms with van der Waals surface area (Å²) in [5.74, 6) is 0.991. The number of thiol groups is 1. The lowest BCUT2D eigenvalue weighted by Crippen LogP contribution is -2.40. The summed E-state index contributed by atoms with van der Waals surface area (Å²) >= 11 is 4.07. The van der Waals surface area contributed by atoms with Gasteiger partial charge in [-0.2, -0.15) is 12.6 Å². The highest BCUT2D eigenvalue weighted by molar-refractivity contribution is 7.90. The van der Waals surface area contributed by atoms with Gasteiger partial charge in [-0.3, -0.25) is 4.99 Å². The van der Waals surface area contributed by atoms with Crippen molar-refractivity contribution < 1.29 is 8.42 Å². The Morgan fingerprint density at radius 3 is 2.82 bits per heavy atom. The molecule has 0 saturated carbocycles. The van der Waals surface area contributed by atoms with Gasteiger partial charge in [0.25, 0.3) is 10.0 Å². The van der Waals surface area contributed by atoms with Gasteiger partial charge < -0.3 is 5.32 Å². The molecule has 0 radical (unpaired) electrons. The molecule has 1 aliphatic heterocycles. The number of aliphatic imine (C=N–C) groups is 1. The summed E-state index contributed by atoms with van der Waals surface area (Å²) in [6.45, 7) is 0.538. The molecule has 0 aliphatic carbocycles. The van der Waals surface area contributed by atoms with Crippen LogP contribution in [0.5, 0.6) is 0 Å². The van der Waals surface area contributed by atoms with Gasteiger partial charge in [0.15, 0.2) is 0 Å². The molecule has 1 heterocycles. The van der Waals surface area contributed by atoms with E-state index in [0.29, 0.717) is 12.2 Å². The second-order valence-corrected chi connectivity index (χ2v) is 5.63. The number of anilines is 1. The Morgan fingerprint density at radius 2 is 2.06 bits per heavy atom. The highest BCUT2D eigenvalue weighted by Gasteiger charge is 2.25. The number of nitrogens with zero attached hydrogens (tertiary/aromatic N) is 1. The molecular formula is C10H13N3O2S2. The summed E-state index contributed by atoms with van der Waals surface area (Å²) in [4.78, 5) is 4.38. The molecule has 0 saturated heterocycles. The summed E-state index contributed by atoms with van der Waals surface area (Å²) in [5, 5.41) is 2.95. The average molecular weight is 271 g/mol. The number of fused-ring (bicyclic) bond motifs is 1. The highest BCUT2D eigenvalue weighted by atomic mass is 32.2. The van der Waals surface area contributed by atoms with Crippen molar-refractivity contribution in [3.05, 3.63) is 24.3 Å². The number of rotatable bonds is 3. The van der Waals surface area contributed by atoms with Crippen LogP contribution in [0.4, 0.5) is 5.69 Å². The van der Waals surface area contributed by atoms with E-state index < -0.39 is 10.0 Å². The van der Waals surface area contributed by atoms with Gasteiger partial charge in [0.1, 0.15) is 4.90 Å². The largest absolute Gasteiger partial charge is 0.324 e. The predicted molar refractivity (Wildman–Crippen MR) is 71.2 cm³/mol. The van der Waals surface area contributed by atoms with E-state index in [0.717, 1.165) is 12.2 Å². The first-order valence-electron chi connectivity index (χ1n) is 5.17. The van der Waals surface area contributed by atoms with Crippen molar-refractivity contribution in [1.29, 1.82) is 0 Å². The molecule has 0 fully saturated rings. The first-order valence-corrected chi connectivity index (χ1v) is 7.29. The van der Waals surface area contributed by atoms with Crippen LogP contribution in [0.2, 0.25) is 0 Å². The number of hydrogen-bond donors (Lipinski definition) is 3. The van der Waals surface area contributed by atoms with Gasteiger partial charge in [0.05, 0.1) is 5.69 Å². The van der Waals surface area contributed by atoms with Crippen LogP contribution < -0.4 is 10.0 Å². The number of benzene rings is 1. The molecular weight excluding hydrogens is 258 g/mol. The van der Waals surface area contributed by atoms with Crippen LogP contribution in [0.3, 0.4) is 0 Å². The molecule has 2 N–H and O–H groups in total. The lowest BCUT2D eigenvalue weighted by atomic mass is 10.3. The van der Waals surface area contributed by atoms with Gasteiger partial charge in [-0.1, -0.05) is 12.1 Å². The zero-order valence-electron chi connectivity index (χ0n) is 9.05. The van der Waals surface area contributed by atoms with Crippen LogP contribution in [0.15, 0.2) is 34.2 Å². The normalized spacial score (nSPS) is 19.2. The summed E-state index contributed by atoms with van der Waals surface area (Å²) in [5.41, 5.74) is 0.552. The Bertz CT molecular complexity index is 540. The van der Waals surface area contributed by atoms with Crippen LogP contribution in [0, 0.1) is 0 Å². The molecule has 0 bridgehead atoms. The molecule has 1 aromatic carbocycles. The number of hydrogen-bond acceptors (Lipinski definition) is 4. The minimum Gasteiger partial charge on any atom is -0.324 e. The maximum absolute atomic E-state index is 11.9. The van der Waals surface area contributed by atoms with E-state index in [1.54, 1.807) is 24.3 Å². The molecule has 0 aromatic heterocycles. The Balaban J connectivity index is 2.29. The Morgan fingerprint density at radius 1 is 1.29 bits per heavy atom. The van der Waals surface area contributed by atoms with Crippen LogP contribution in [0.1, 0.15) is 6.42 Å². The predicted octanol–water partition coefficient (Wildman–Crippen LogP) is 1.07. The van der Waals surface area contributed by atoms with Crippen molar-refractivity contribution in [3.8, 4) is 0 Å². The summed E-state index contributed by atoms with van der Waals surface area (Å²) in [6, 6.07) is 6.72. The fourth-order valence-corrected chi connectivity index (χ4v) is 2.76. The van der Waals surface area contributed by atoms with Crippen molar-refractivity contribution in [2.45, 2.75) is 11.3 Å². The minimum absolute atomic E-state index is 0.244. The van der Waals surface area contributed by atoms with Gasteiger partial charge in [-0.05, 0) is 24.3 Å². The monoisotopic (exact) mass is 271 g/mol. The van der Waals surface area contributed by atoms with Crippen LogP contribution >= 0.6 is 12.6 Å². The fourth-order valence-electron chi connectivity index (χ4n) is 1.47. The van der Waals surface area contributed by atoms with E-state index in [9.17, 15) is 8.42 Å². The zero-order chi connectivity index (χ0) is 12.3. The second kappa shape index (κ2) is 4.97. The van der Waals surface area contributed by atoms with E-state index in [-0.39, 0.29) is 10.9 Å². The first kappa shape index (κ1) is 12.3. The molecule has 0 unspecified atom stereocenters. The number of nitrogens with one attached hydrogen (secondary N) is 2. The van der Waals surface area contributed by atoms with E-state index in [4.69, 9.17) is 0 Å². The molecule has 1 aromatic rings. The molecule has 92 valence electrons. The van der Waals surface area contributed by atoms with Crippen molar-refractivity contribution in [2.75, 3.05) is 17.6 Å². The quantitative estimate of drug-likeness (QED) is 0.569. The van der Waals surface area contributed by atoms with Gasteiger partial charge >= 0.3 is 0 Å². The van der Waals surface area contributed by atoms with E-state index in [1.165, 1.54) is 0 Å². The van der Waals surface area contributed by atoms with E-state index in [1.807, 2.05) is 0 Å². The molecule has 17 heavy (non-hydrogen) atoms. The molecule has 1 aliphatic rings. The minimum atomic E-state index is -3.49. The van der Waals surface area contributed by atoms with Crippen molar-refractivity contribution in [1.82, 2.24) is 4.72 Å². The first-order chi connectivity index (χ1) is 8.13. The Hall–Kier alpha value is -1.21. The summed E-state index contributed by atoms with van der Waals surface area (Å²) < 4.78 is 26.1. The number of para-hydroxylation sites is 1. The third-order valence-corrected chi connectivity index (χ3v) is 3.96. The Kier molecular flexibility index (Phi) is 3.58. The summed E-state index contributed by atoms with van der Waals surface area (Å²) in [7, 11) is -3.49. The lowest BCUT2D eigenvalue weighted by Gasteiger charge is -2.21. The van der Waals surface area contributed by atoms with Crippen molar-refractivity contribution in [3.63, 3.8) is 0 Å². The lowest BCUT2D eigenvalue weighted by molar-refractivity contribution is 0.591. The molecule has 0 amide bonds. The molecule has 2 rings (SSSR count). The van der Waals surface area contributed by atoms with Gasteiger partial charge in [0, 0.05) is 6.54 Å². The van der Waals surface area contributed by atoms with Crippen molar-refractivity contribution in [2.24, 2.45) is 4.99 Å². The van der Waals surface area contributed by atoms with E-state index >= 15 is 0 Å². The van der Waals surface area contributed by atoms with E-state index in [2.05, 4.69) is 27.7 Å². The number of guanidine groups is 1. The van der Waals surface area contributed by atoms with Gasteiger partial charge in [0.2, 0.25) is 5.96 Å². The average Bonchev–Trinajstić information content (AvgIpc) is 2.29. The third-order valence-electron chi connectivity index (χ3n) is 2.25. The molecule has 0 spiro atoms. The standard InChI is InChI=1S/C10H13N3O2S2/c14-17(15)9-5-2-1-4-8(9)12-10(13-17)11-6-3-7-16/h1-2,4-5,16H,3,6-7H2,(H2,11,12,13). The second-order valence-electron chi connectivity index (χ2n) is 3.53. The van der Waals surface area contributed by atoms with Crippen LogP contribution in [-0.2, 0) is 10.0 Å². The van der Waals surface area contributed by atoms with Crippen molar-refractivity contribution >= 4 is 34.3 Å². The molecule has 7 heteroatoms.